The van der Waals surface area contributed by atoms with E-state index >= 15 is 0 Å². The fourth-order valence-corrected chi connectivity index (χ4v) is 2.23. The Morgan fingerprint density at radius 3 is 2.82 bits per heavy atom. The molecule has 0 spiro atoms. The highest BCUT2D eigenvalue weighted by Crippen LogP contribution is 2.20. The van der Waals surface area contributed by atoms with Crippen molar-refractivity contribution >= 4 is 15.9 Å². The lowest BCUT2D eigenvalue weighted by Gasteiger charge is -2.16. The van der Waals surface area contributed by atoms with E-state index in [1.54, 1.807) is 0 Å². The van der Waals surface area contributed by atoms with Gasteiger partial charge < -0.3 is 5.32 Å². The van der Waals surface area contributed by atoms with E-state index in [1.807, 2.05) is 6.08 Å². The van der Waals surface area contributed by atoms with Crippen molar-refractivity contribution in [1.29, 1.82) is 0 Å². The summed E-state index contributed by atoms with van der Waals surface area (Å²) in [6.45, 7) is 9.65. The Balaban J connectivity index is 2.65. The van der Waals surface area contributed by atoms with Gasteiger partial charge >= 0.3 is 0 Å². The molecular weight excluding hydrogens is 276 g/mol. The maximum atomic E-state index is 3.75. The van der Waals surface area contributed by atoms with E-state index in [0.29, 0.717) is 0 Å². The first-order valence-corrected chi connectivity index (χ1v) is 6.74. The molecule has 2 nitrogen and oxygen atoms in total. The standard InChI is InChI=1S/C14H21BrN2/c1-4-8-17(3)11-13-7-6-12(9-14(13)15)10-16-5-2/h4,6-7,9,16H,1,5,8,10-11H2,2-3H3. The lowest BCUT2D eigenvalue weighted by molar-refractivity contribution is 0.363. The third-order valence-electron chi connectivity index (χ3n) is 2.58. The molecule has 0 amide bonds. The SMILES string of the molecule is C=CCN(C)Cc1ccc(CNCC)cc1Br. The van der Waals surface area contributed by atoms with E-state index < -0.39 is 0 Å². The van der Waals surface area contributed by atoms with Crippen LogP contribution in [0.25, 0.3) is 0 Å². The van der Waals surface area contributed by atoms with Gasteiger partial charge in [-0.15, -0.1) is 6.58 Å². The second-order valence-electron chi connectivity index (χ2n) is 4.19. The fraction of sp³-hybridized carbons (Fsp3) is 0.429. The van der Waals surface area contributed by atoms with E-state index in [1.165, 1.54) is 15.6 Å². The summed E-state index contributed by atoms with van der Waals surface area (Å²) < 4.78 is 1.18. The molecule has 1 N–H and O–H groups in total. The van der Waals surface area contributed by atoms with E-state index in [2.05, 4.69) is 64.9 Å². The van der Waals surface area contributed by atoms with Crippen LogP contribution in [0.15, 0.2) is 35.3 Å². The van der Waals surface area contributed by atoms with Crippen LogP contribution in [0.4, 0.5) is 0 Å². The molecule has 0 aliphatic rings. The zero-order valence-corrected chi connectivity index (χ0v) is 12.3. The average Bonchev–Trinajstić information content (AvgIpc) is 2.30. The highest BCUT2D eigenvalue weighted by atomic mass is 79.9. The number of nitrogens with one attached hydrogen (secondary N) is 1. The second-order valence-corrected chi connectivity index (χ2v) is 5.05. The summed E-state index contributed by atoms with van der Waals surface area (Å²) in [5.41, 5.74) is 2.63. The van der Waals surface area contributed by atoms with Gasteiger partial charge in [-0.05, 0) is 30.8 Å². The number of benzene rings is 1. The number of rotatable bonds is 7. The minimum Gasteiger partial charge on any atom is -0.313 e. The van der Waals surface area contributed by atoms with Gasteiger partial charge in [-0.25, -0.2) is 0 Å². The molecule has 0 fully saturated rings. The Kier molecular flexibility index (Phi) is 6.48. The lowest BCUT2D eigenvalue weighted by Crippen LogP contribution is -2.18. The third-order valence-corrected chi connectivity index (χ3v) is 3.32. The van der Waals surface area contributed by atoms with Gasteiger partial charge in [-0.1, -0.05) is 41.1 Å². The van der Waals surface area contributed by atoms with Crippen molar-refractivity contribution in [1.82, 2.24) is 10.2 Å². The zero-order valence-electron chi connectivity index (χ0n) is 10.7. The van der Waals surface area contributed by atoms with Gasteiger partial charge in [0.1, 0.15) is 0 Å². The molecule has 0 aromatic heterocycles. The zero-order chi connectivity index (χ0) is 12.7. The molecule has 0 unspecified atom stereocenters. The van der Waals surface area contributed by atoms with Gasteiger partial charge in [-0.3, -0.25) is 4.90 Å². The predicted molar refractivity (Wildman–Crippen MR) is 78.1 cm³/mol. The molecule has 0 aliphatic heterocycles. The van der Waals surface area contributed by atoms with Crippen LogP contribution < -0.4 is 5.32 Å². The number of halogens is 1. The lowest BCUT2D eigenvalue weighted by atomic mass is 10.1. The number of likely N-dealkylation sites (N-methyl/N-ethyl adjacent to an activating group) is 1. The first kappa shape index (κ1) is 14.4. The highest BCUT2D eigenvalue weighted by molar-refractivity contribution is 9.10. The van der Waals surface area contributed by atoms with E-state index in [-0.39, 0.29) is 0 Å². The Morgan fingerprint density at radius 2 is 2.24 bits per heavy atom. The molecule has 1 rings (SSSR count). The van der Waals surface area contributed by atoms with Crippen LogP contribution in [0, 0.1) is 0 Å². The monoisotopic (exact) mass is 296 g/mol. The molecule has 17 heavy (non-hydrogen) atoms. The molecule has 1 aromatic carbocycles. The summed E-state index contributed by atoms with van der Waals surface area (Å²) >= 11 is 3.64. The second kappa shape index (κ2) is 7.64. The Morgan fingerprint density at radius 1 is 1.47 bits per heavy atom. The summed E-state index contributed by atoms with van der Waals surface area (Å²) in [7, 11) is 2.10. The number of nitrogens with zero attached hydrogens (tertiary/aromatic N) is 1. The maximum Gasteiger partial charge on any atom is 0.0245 e. The summed E-state index contributed by atoms with van der Waals surface area (Å²) in [6.07, 6.45) is 1.92. The van der Waals surface area contributed by atoms with E-state index in [0.717, 1.165) is 26.2 Å². The molecule has 0 saturated heterocycles. The van der Waals surface area contributed by atoms with Crippen molar-refractivity contribution in [3.63, 3.8) is 0 Å². The van der Waals surface area contributed by atoms with Crippen molar-refractivity contribution in [2.75, 3.05) is 20.1 Å². The van der Waals surface area contributed by atoms with Gasteiger partial charge in [0.15, 0.2) is 0 Å². The van der Waals surface area contributed by atoms with Gasteiger partial charge in [0, 0.05) is 24.1 Å². The molecule has 0 bridgehead atoms. The van der Waals surface area contributed by atoms with Gasteiger partial charge in [0.05, 0.1) is 0 Å². The minimum absolute atomic E-state index is 0.908. The Labute approximate surface area is 113 Å². The van der Waals surface area contributed by atoms with Crippen LogP contribution >= 0.6 is 15.9 Å². The van der Waals surface area contributed by atoms with Crippen molar-refractivity contribution in [3.8, 4) is 0 Å². The van der Waals surface area contributed by atoms with Crippen molar-refractivity contribution in [2.45, 2.75) is 20.0 Å². The van der Waals surface area contributed by atoms with Gasteiger partial charge in [0.2, 0.25) is 0 Å². The molecule has 1 aromatic rings. The Hall–Kier alpha value is -0.640. The normalized spacial score (nSPS) is 10.8. The van der Waals surface area contributed by atoms with E-state index in [9.17, 15) is 0 Å². The highest BCUT2D eigenvalue weighted by Gasteiger charge is 2.04. The fourth-order valence-electron chi connectivity index (χ4n) is 1.67. The minimum atomic E-state index is 0.908. The van der Waals surface area contributed by atoms with Crippen LogP contribution in [0.2, 0.25) is 0 Å². The predicted octanol–water partition coefficient (Wildman–Crippen LogP) is 3.18. The number of hydrogen-bond donors (Lipinski definition) is 1. The van der Waals surface area contributed by atoms with Gasteiger partial charge in [-0.2, -0.15) is 0 Å². The summed E-state index contributed by atoms with van der Waals surface area (Å²) in [4.78, 5) is 2.23. The van der Waals surface area contributed by atoms with Gasteiger partial charge in [0.25, 0.3) is 0 Å². The van der Waals surface area contributed by atoms with Crippen LogP contribution in [0.3, 0.4) is 0 Å². The molecular formula is C14H21BrN2. The molecule has 0 atom stereocenters. The van der Waals surface area contributed by atoms with Crippen molar-refractivity contribution in [2.24, 2.45) is 0 Å². The summed E-state index contributed by atoms with van der Waals surface area (Å²) in [5.74, 6) is 0. The molecule has 0 saturated carbocycles. The smallest absolute Gasteiger partial charge is 0.0245 e. The quantitative estimate of drug-likeness (QED) is 0.778. The largest absolute Gasteiger partial charge is 0.313 e. The molecule has 0 aliphatic carbocycles. The topological polar surface area (TPSA) is 15.3 Å². The molecule has 94 valence electrons. The molecule has 3 heteroatoms. The summed E-state index contributed by atoms with van der Waals surface area (Å²) in [5, 5.41) is 3.33. The first-order chi connectivity index (χ1) is 8.17. The van der Waals surface area contributed by atoms with Crippen LogP contribution in [0.1, 0.15) is 18.1 Å². The maximum absolute atomic E-state index is 3.75. The average molecular weight is 297 g/mol. The Bertz CT molecular complexity index is 363. The van der Waals surface area contributed by atoms with Crippen molar-refractivity contribution < 1.29 is 0 Å². The first-order valence-electron chi connectivity index (χ1n) is 5.94. The molecule has 0 heterocycles. The third kappa shape index (κ3) is 5.02. The molecule has 0 radical (unpaired) electrons. The summed E-state index contributed by atoms with van der Waals surface area (Å²) in [6, 6.07) is 6.57. The van der Waals surface area contributed by atoms with Crippen molar-refractivity contribution in [3.05, 3.63) is 46.5 Å². The van der Waals surface area contributed by atoms with Crippen LogP contribution in [0.5, 0.6) is 0 Å². The number of hydrogen-bond acceptors (Lipinski definition) is 2. The van der Waals surface area contributed by atoms with Crippen LogP contribution in [-0.2, 0) is 13.1 Å². The van der Waals surface area contributed by atoms with Crippen LogP contribution in [-0.4, -0.2) is 25.0 Å². The van der Waals surface area contributed by atoms with E-state index in [4.69, 9.17) is 0 Å².